The molecule has 0 saturated carbocycles. The first-order valence-corrected chi connectivity index (χ1v) is 11.0. The molecule has 1 aromatic carbocycles. The van der Waals surface area contributed by atoms with E-state index >= 15 is 0 Å². The van der Waals surface area contributed by atoms with Gasteiger partial charge in [-0.05, 0) is 36.6 Å². The van der Waals surface area contributed by atoms with Crippen molar-refractivity contribution in [2.45, 2.75) is 33.3 Å². The summed E-state index contributed by atoms with van der Waals surface area (Å²) in [6.07, 6.45) is 1.69. The topological polar surface area (TPSA) is 77.9 Å². The first kappa shape index (κ1) is 23.0. The van der Waals surface area contributed by atoms with Gasteiger partial charge in [0.25, 0.3) is 0 Å². The van der Waals surface area contributed by atoms with Crippen molar-refractivity contribution in [1.29, 1.82) is 0 Å². The van der Waals surface area contributed by atoms with E-state index in [2.05, 4.69) is 20.1 Å². The molecule has 0 radical (unpaired) electrons. The van der Waals surface area contributed by atoms with Gasteiger partial charge in [0.05, 0.1) is 11.9 Å². The smallest absolute Gasteiger partial charge is 0.224 e. The van der Waals surface area contributed by atoms with Crippen LogP contribution in [0, 0.1) is 12.8 Å². The number of aliphatic hydroxyl groups excluding tert-OH is 1. The number of amides is 1. The minimum Gasteiger partial charge on any atom is -0.491 e. The summed E-state index contributed by atoms with van der Waals surface area (Å²) in [6.45, 7) is 10.3. The fourth-order valence-corrected chi connectivity index (χ4v) is 3.64. The average molecular weight is 427 g/mol. The molecule has 7 heteroatoms. The summed E-state index contributed by atoms with van der Waals surface area (Å²) in [4.78, 5) is 20.9. The van der Waals surface area contributed by atoms with Crippen molar-refractivity contribution in [3.8, 4) is 5.75 Å². The second-order valence-corrected chi connectivity index (χ2v) is 8.57. The predicted octanol–water partition coefficient (Wildman–Crippen LogP) is 2.94. The third kappa shape index (κ3) is 7.22. The lowest BCUT2D eigenvalue weighted by molar-refractivity contribution is -0.116. The number of aryl methyl sites for hydroxylation is 1. The van der Waals surface area contributed by atoms with E-state index in [1.807, 2.05) is 57.2 Å². The molecule has 1 atom stereocenters. The Kier molecular flexibility index (Phi) is 8.26. The number of aromatic nitrogens is 1. The standard InChI is InChI=1S/C24H34N4O3/c1-18(2)14-24(30)26-20-8-9-23(25-15-20)28-12-10-27(11-13-28)16-21(29)17-31-22-7-5-4-6-19(22)3/h4-9,15,18,21,29H,10-14,16-17H2,1-3H3,(H,26,30). The van der Waals surface area contributed by atoms with Crippen molar-refractivity contribution in [2.24, 2.45) is 5.92 Å². The molecule has 2 heterocycles. The van der Waals surface area contributed by atoms with Crippen LogP contribution in [0.2, 0.25) is 0 Å². The SMILES string of the molecule is Cc1ccccc1OCC(O)CN1CCN(c2ccc(NC(=O)CC(C)C)cn2)CC1. The number of carbonyl (C=O) groups excluding carboxylic acids is 1. The number of β-amino-alcohol motifs (C(OH)–C–C–N with tert-alkyl or cyclic N) is 1. The normalized spacial score (nSPS) is 15.7. The monoisotopic (exact) mass is 426 g/mol. The summed E-state index contributed by atoms with van der Waals surface area (Å²) in [6, 6.07) is 11.7. The van der Waals surface area contributed by atoms with Gasteiger partial charge >= 0.3 is 0 Å². The molecule has 2 N–H and O–H groups in total. The number of ether oxygens (including phenoxy) is 1. The Morgan fingerprint density at radius 2 is 1.90 bits per heavy atom. The van der Waals surface area contributed by atoms with Crippen LogP contribution in [0.1, 0.15) is 25.8 Å². The molecule has 0 aliphatic carbocycles. The van der Waals surface area contributed by atoms with Gasteiger partial charge in [-0.3, -0.25) is 9.69 Å². The minimum atomic E-state index is -0.530. The van der Waals surface area contributed by atoms with E-state index in [-0.39, 0.29) is 12.5 Å². The number of hydrogen-bond donors (Lipinski definition) is 2. The maximum atomic E-state index is 11.9. The third-order valence-electron chi connectivity index (χ3n) is 5.32. The van der Waals surface area contributed by atoms with Gasteiger partial charge in [-0.25, -0.2) is 4.98 Å². The largest absolute Gasteiger partial charge is 0.491 e. The molecule has 31 heavy (non-hydrogen) atoms. The lowest BCUT2D eigenvalue weighted by atomic mass is 10.1. The average Bonchev–Trinajstić information content (AvgIpc) is 2.74. The van der Waals surface area contributed by atoms with Crippen molar-refractivity contribution in [1.82, 2.24) is 9.88 Å². The van der Waals surface area contributed by atoms with Crippen LogP contribution in [0.3, 0.4) is 0 Å². The molecule has 2 aromatic rings. The number of carbonyl (C=O) groups is 1. The summed E-state index contributed by atoms with van der Waals surface area (Å²) < 4.78 is 5.76. The molecule has 7 nitrogen and oxygen atoms in total. The maximum absolute atomic E-state index is 11.9. The van der Waals surface area contributed by atoms with Crippen LogP contribution >= 0.6 is 0 Å². The zero-order valence-electron chi connectivity index (χ0n) is 18.8. The first-order valence-electron chi connectivity index (χ1n) is 11.0. The van der Waals surface area contributed by atoms with Gasteiger partial charge < -0.3 is 20.1 Å². The zero-order chi connectivity index (χ0) is 22.2. The number of rotatable bonds is 9. The van der Waals surface area contributed by atoms with E-state index in [1.165, 1.54) is 0 Å². The number of benzene rings is 1. The lowest BCUT2D eigenvalue weighted by Gasteiger charge is -2.36. The molecular weight excluding hydrogens is 392 g/mol. The molecule has 0 spiro atoms. The summed E-state index contributed by atoms with van der Waals surface area (Å²) in [5.74, 6) is 2.07. The van der Waals surface area contributed by atoms with Crippen molar-refractivity contribution >= 4 is 17.4 Å². The molecule has 1 aliphatic heterocycles. The van der Waals surface area contributed by atoms with Gasteiger partial charge in [-0.15, -0.1) is 0 Å². The molecule has 1 fully saturated rings. The molecule has 1 aliphatic rings. The predicted molar refractivity (Wildman–Crippen MR) is 124 cm³/mol. The van der Waals surface area contributed by atoms with Crippen LogP contribution in [0.25, 0.3) is 0 Å². The second-order valence-electron chi connectivity index (χ2n) is 8.57. The fraction of sp³-hybridized carbons (Fsp3) is 0.500. The van der Waals surface area contributed by atoms with Crippen LogP contribution < -0.4 is 15.0 Å². The molecular formula is C24H34N4O3. The molecule has 1 aromatic heterocycles. The van der Waals surface area contributed by atoms with Crippen LogP contribution in [0.4, 0.5) is 11.5 Å². The quantitative estimate of drug-likeness (QED) is 0.642. The van der Waals surface area contributed by atoms with Crippen molar-refractivity contribution < 1.29 is 14.6 Å². The number of hydrogen-bond acceptors (Lipinski definition) is 6. The number of piperazine rings is 1. The second kappa shape index (κ2) is 11.1. The van der Waals surface area contributed by atoms with E-state index in [0.29, 0.717) is 18.9 Å². The Morgan fingerprint density at radius 3 is 2.55 bits per heavy atom. The summed E-state index contributed by atoms with van der Waals surface area (Å²) in [7, 11) is 0. The zero-order valence-corrected chi connectivity index (χ0v) is 18.8. The minimum absolute atomic E-state index is 0.0168. The van der Waals surface area contributed by atoms with Crippen molar-refractivity contribution in [3.05, 3.63) is 48.2 Å². The Balaban J connectivity index is 1.41. The number of para-hydroxylation sites is 1. The van der Waals surface area contributed by atoms with Crippen LogP contribution in [-0.2, 0) is 4.79 Å². The number of anilines is 2. The van der Waals surface area contributed by atoms with E-state index in [4.69, 9.17) is 4.74 Å². The highest BCUT2D eigenvalue weighted by atomic mass is 16.5. The summed E-state index contributed by atoms with van der Waals surface area (Å²) in [5.41, 5.74) is 1.80. The fourth-order valence-electron chi connectivity index (χ4n) is 3.64. The Bertz CT molecular complexity index is 833. The van der Waals surface area contributed by atoms with Crippen LogP contribution in [-0.4, -0.2) is 66.3 Å². The number of aliphatic hydroxyl groups is 1. The van der Waals surface area contributed by atoms with Gasteiger partial charge in [0, 0.05) is 39.1 Å². The molecule has 3 rings (SSSR count). The highest BCUT2D eigenvalue weighted by Gasteiger charge is 2.20. The van der Waals surface area contributed by atoms with E-state index in [9.17, 15) is 9.90 Å². The van der Waals surface area contributed by atoms with Gasteiger partial charge in [0.1, 0.15) is 24.3 Å². The van der Waals surface area contributed by atoms with Gasteiger partial charge in [-0.1, -0.05) is 32.0 Å². The molecule has 1 unspecified atom stereocenters. The molecule has 1 amide bonds. The lowest BCUT2D eigenvalue weighted by Crippen LogP contribution is -2.49. The Hall–Kier alpha value is -2.64. The number of nitrogens with one attached hydrogen (secondary N) is 1. The Labute approximate surface area is 185 Å². The summed E-state index contributed by atoms with van der Waals surface area (Å²) >= 11 is 0. The van der Waals surface area contributed by atoms with Crippen LogP contribution in [0.5, 0.6) is 5.75 Å². The summed E-state index contributed by atoms with van der Waals surface area (Å²) in [5, 5.41) is 13.3. The first-order chi connectivity index (χ1) is 14.9. The number of nitrogens with zero attached hydrogens (tertiary/aromatic N) is 3. The molecule has 168 valence electrons. The maximum Gasteiger partial charge on any atom is 0.224 e. The Morgan fingerprint density at radius 1 is 1.16 bits per heavy atom. The highest BCUT2D eigenvalue weighted by Crippen LogP contribution is 2.18. The van der Waals surface area contributed by atoms with E-state index in [0.717, 1.165) is 49.0 Å². The van der Waals surface area contributed by atoms with E-state index in [1.54, 1.807) is 6.20 Å². The van der Waals surface area contributed by atoms with Crippen LogP contribution in [0.15, 0.2) is 42.6 Å². The van der Waals surface area contributed by atoms with Crippen molar-refractivity contribution in [2.75, 3.05) is 49.5 Å². The van der Waals surface area contributed by atoms with Crippen molar-refractivity contribution in [3.63, 3.8) is 0 Å². The van der Waals surface area contributed by atoms with E-state index < -0.39 is 6.10 Å². The van der Waals surface area contributed by atoms with Gasteiger partial charge in [0.2, 0.25) is 5.91 Å². The third-order valence-corrected chi connectivity index (χ3v) is 5.32. The molecule has 1 saturated heterocycles. The van der Waals surface area contributed by atoms with Gasteiger partial charge in [0.15, 0.2) is 0 Å². The number of pyridine rings is 1. The van der Waals surface area contributed by atoms with Gasteiger partial charge in [-0.2, -0.15) is 0 Å². The highest BCUT2D eigenvalue weighted by molar-refractivity contribution is 5.90. The molecule has 0 bridgehead atoms.